The van der Waals surface area contributed by atoms with Crippen LogP contribution in [-0.2, 0) is 9.84 Å². The molecule has 5 nitrogen and oxygen atoms in total. The lowest BCUT2D eigenvalue weighted by atomic mass is 10.0. The Morgan fingerprint density at radius 1 is 1.42 bits per heavy atom. The van der Waals surface area contributed by atoms with Crippen molar-refractivity contribution in [2.75, 3.05) is 24.6 Å². The van der Waals surface area contributed by atoms with E-state index in [1.807, 2.05) is 19.1 Å². The fourth-order valence-corrected chi connectivity index (χ4v) is 3.87. The first-order valence-corrected chi connectivity index (χ1v) is 8.59. The molecular formula is C13H22N2O3S. The molecule has 2 unspecified atom stereocenters. The predicted octanol–water partition coefficient (Wildman–Crippen LogP) is 1.18. The second-order valence-electron chi connectivity index (χ2n) is 5.07. The van der Waals surface area contributed by atoms with Crippen LogP contribution in [0.15, 0.2) is 22.8 Å². The van der Waals surface area contributed by atoms with Crippen LogP contribution in [0.3, 0.4) is 0 Å². The summed E-state index contributed by atoms with van der Waals surface area (Å²) in [7, 11) is -2.90. The van der Waals surface area contributed by atoms with Gasteiger partial charge in [-0.25, -0.2) is 8.42 Å². The number of hydrogen-bond donors (Lipinski definition) is 1. The lowest BCUT2D eigenvalue weighted by Gasteiger charge is -2.32. The molecule has 0 radical (unpaired) electrons. The van der Waals surface area contributed by atoms with Crippen molar-refractivity contribution in [1.82, 2.24) is 4.90 Å². The number of sulfone groups is 1. The summed E-state index contributed by atoms with van der Waals surface area (Å²) in [5.41, 5.74) is 6.21. The highest BCUT2D eigenvalue weighted by Crippen LogP contribution is 2.26. The van der Waals surface area contributed by atoms with E-state index in [-0.39, 0.29) is 23.6 Å². The van der Waals surface area contributed by atoms with Gasteiger partial charge in [0, 0.05) is 12.6 Å². The molecule has 0 spiro atoms. The molecular weight excluding hydrogens is 264 g/mol. The molecule has 2 rings (SSSR count). The van der Waals surface area contributed by atoms with Crippen molar-refractivity contribution >= 4 is 9.84 Å². The molecule has 1 aromatic heterocycles. The first-order valence-electron chi connectivity index (χ1n) is 6.77. The number of nitrogens with two attached hydrogens (primary N) is 1. The van der Waals surface area contributed by atoms with Crippen LogP contribution in [0.4, 0.5) is 0 Å². The standard InChI is InChI=1S/C13H22N2O3S/c1-2-11(14)13(12-5-3-8-18-12)15-6-4-9-19(16,17)10-7-15/h3,5,8,11,13H,2,4,6-7,9-10,14H2,1H3. The topological polar surface area (TPSA) is 76.5 Å². The molecule has 2 atom stereocenters. The highest BCUT2D eigenvalue weighted by molar-refractivity contribution is 7.91. The van der Waals surface area contributed by atoms with Crippen molar-refractivity contribution in [3.05, 3.63) is 24.2 Å². The van der Waals surface area contributed by atoms with Gasteiger partial charge >= 0.3 is 0 Å². The minimum atomic E-state index is -2.90. The largest absolute Gasteiger partial charge is 0.468 e. The molecule has 108 valence electrons. The fraction of sp³-hybridized carbons (Fsp3) is 0.692. The first-order chi connectivity index (χ1) is 9.03. The Balaban J connectivity index is 2.19. The van der Waals surface area contributed by atoms with E-state index in [0.717, 1.165) is 18.7 Å². The quantitative estimate of drug-likeness (QED) is 0.899. The Labute approximate surface area is 114 Å². The van der Waals surface area contributed by atoms with E-state index in [4.69, 9.17) is 10.2 Å². The van der Waals surface area contributed by atoms with Crippen molar-refractivity contribution in [3.8, 4) is 0 Å². The molecule has 1 aliphatic rings. The van der Waals surface area contributed by atoms with Crippen molar-refractivity contribution in [3.63, 3.8) is 0 Å². The summed E-state index contributed by atoms with van der Waals surface area (Å²) in [4.78, 5) is 2.15. The van der Waals surface area contributed by atoms with E-state index in [1.54, 1.807) is 6.26 Å². The SMILES string of the molecule is CCC(N)C(c1ccco1)N1CCCS(=O)(=O)CC1. The van der Waals surface area contributed by atoms with Crippen LogP contribution in [0.2, 0.25) is 0 Å². The fourth-order valence-electron chi connectivity index (χ4n) is 2.58. The summed E-state index contributed by atoms with van der Waals surface area (Å²) < 4.78 is 28.9. The third-order valence-electron chi connectivity index (χ3n) is 3.70. The van der Waals surface area contributed by atoms with Gasteiger partial charge in [-0.2, -0.15) is 0 Å². The van der Waals surface area contributed by atoms with Gasteiger partial charge < -0.3 is 10.2 Å². The molecule has 0 aromatic carbocycles. The summed E-state index contributed by atoms with van der Waals surface area (Å²) in [6, 6.07) is 3.68. The summed E-state index contributed by atoms with van der Waals surface area (Å²) in [6.45, 7) is 3.31. The normalized spacial score (nSPS) is 23.7. The molecule has 2 N–H and O–H groups in total. The lowest BCUT2D eigenvalue weighted by Crippen LogP contribution is -2.42. The van der Waals surface area contributed by atoms with Crippen LogP contribution in [-0.4, -0.2) is 44.0 Å². The Hall–Kier alpha value is -0.850. The predicted molar refractivity (Wildman–Crippen MR) is 74.6 cm³/mol. The molecule has 1 saturated heterocycles. The highest BCUT2D eigenvalue weighted by Gasteiger charge is 2.30. The third kappa shape index (κ3) is 3.58. The van der Waals surface area contributed by atoms with Gasteiger partial charge in [0.15, 0.2) is 9.84 Å². The van der Waals surface area contributed by atoms with Crippen LogP contribution in [0.5, 0.6) is 0 Å². The number of furan rings is 1. The van der Waals surface area contributed by atoms with Gasteiger partial charge in [-0.3, -0.25) is 4.90 Å². The van der Waals surface area contributed by atoms with E-state index >= 15 is 0 Å². The van der Waals surface area contributed by atoms with E-state index in [9.17, 15) is 8.42 Å². The molecule has 0 aliphatic carbocycles. The van der Waals surface area contributed by atoms with Gasteiger partial charge in [-0.1, -0.05) is 6.92 Å². The zero-order valence-corrected chi connectivity index (χ0v) is 12.1. The summed E-state index contributed by atoms with van der Waals surface area (Å²) >= 11 is 0. The number of nitrogens with zero attached hydrogens (tertiary/aromatic N) is 1. The Kier molecular flexibility index (Phi) is 4.65. The van der Waals surface area contributed by atoms with Crippen LogP contribution in [0.25, 0.3) is 0 Å². The molecule has 1 fully saturated rings. The lowest BCUT2D eigenvalue weighted by molar-refractivity contribution is 0.159. The number of hydrogen-bond acceptors (Lipinski definition) is 5. The van der Waals surface area contributed by atoms with Crippen LogP contribution >= 0.6 is 0 Å². The molecule has 6 heteroatoms. The zero-order valence-electron chi connectivity index (χ0n) is 11.3. The van der Waals surface area contributed by atoms with Crippen LogP contribution < -0.4 is 5.73 Å². The van der Waals surface area contributed by atoms with Crippen LogP contribution in [0.1, 0.15) is 31.6 Å². The summed E-state index contributed by atoms with van der Waals surface area (Å²) in [5.74, 6) is 1.31. The molecule has 0 bridgehead atoms. The molecule has 1 aliphatic heterocycles. The minimum absolute atomic E-state index is 0.0340. The van der Waals surface area contributed by atoms with E-state index in [0.29, 0.717) is 13.0 Å². The average molecular weight is 286 g/mol. The van der Waals surface area contributed by atoms with Crippen molar-refractivity contribution in [2.24, 2.45) is 5.73 Å². The molecule has 2 heterocycles. The smallest absolute Gasteiger partial charge is 0.151 e. The summed E-state index contributed by atoms with van der Waals surface area (Å²) in [6.07, 6.45) is 3.13. The Bertz CT molecular complexity index is 484. The monoisotopic (exact) mass is 286 g/mol. The Morgan fingerprint density at radius 3 is 2.84 bits per heavy atom. The maximum absolute atomic E-state index is 11.7. The van der Waals surface area contributed by atoms with Crippen LogP contribution in [0, 0.1) is 0 Å². The van der Waals surface area contributed by atoms with Gasteiger partial charge in [0.2, 0.25) is 0 Å². The van der Waals surface area contributed by atoms with E-state index in [2.05, 4.69) is 4.90 Å². The second-order valence-corrected chi connectivity index (χ2v) is 7.38. The van der Waals surface area contributed by atoms with E-state index in [1.165, 1.54) is 0 Å². The van der Waals surface area contributed by atoms with E-state index < -0.39 is 9.84 Å². The van der Waals surface area contributed by atoms with Gasteiger partial charge in [0.25, 0.3) is 0 Å². The van der Waals surface area contributed by atoms with Crippen molar-refractivity contribution in [2.45, 2.75) is 31.8 Å². The maximum atomic E-state index is 11.7. The van der Waals surface area contributed by atoms with Gasteiger partial charge in [-0.05, 0) is 31.5 Å². The van der Waals surface area contributed by atoms with Crippen molar-refractivity contribution < 1.29 is 12.8 Å². The zero-order chi connectivity index (χ0) is 13.9. The molecule has 19 heavy (non-hydrogen) atoms. The Morgan fingerprint density at radius 2 is 2.21 bits per heavy atom. The third-order valence-corrected chi connectivity index (χ3v) is 5.41. The molecule has 0 amide bonds. The van der Waals surface area contributed by atoms with Crippen molar-refractivity contribution in [1.29, 1.82) is 0 Å². The first kappa shape index (κ1) is 14.6. The van der Waals surface area contributed by atoms with Gasteiger partial charge in [-0.15, -0.1) is 0 Å². The van der Waals surface area contributed by atoms with Gasteiger partial charge in [0.1, 0.15) is 5.76 Å². The molecule has 1 aromatic rings. The minimum Gasteiger partial charge on any atom is -0.468 e. The number of rotatable bonds is 4. The highest BCUT2D eigenvalue weighted by atomic mass is 32.2. The molecule has 0 saturated carbocycles. The average Bonchev–Trinajstić information content (AvgIpc) is 2.82. The maximum Gasteiger partial charge on any atom is 0.151 e. The van der Waals surface area contributed by atoms with Gasteiger partial charge in [0.05, 0.1) is 23.8 Å². The second kappa shape index (κ2) is 6.07. The summed E-state index contributed by atoms with van der Waals surface area (Å²) in [5, 5.41) is 0.